The lowest BCUT2D eigenvalue weighted by Crippen LogP contribution is -2.58. The van der Waals surface area contributed by atoms with Gasteiger partial charge in [-0.1, -0.05) is 15.9 Å². The standard InChI is InChI=1S/C19H21BrF3N3O2S/c1-12-8-16(5-6-17(12)20)29(27,28)26-13(2)10-25(11-14(26)3)18-7-4-15(9-24-18)19(21,22)23/h4-9,13-14H,10-11H2,1-3H3. The highest BCUT2D eigenvalue weighted by atomic mass is 79.9. The summed E-state index contributed by atoms with van der Waals surface area (Å²) in [6, 6.07) is 6.46. The van der Waals surface area contributed by atoms with Crippen LogP contribution < -0.4 is 4.90 Å². The third kappa shape index (κ3) is 4.44. The zero-order valence-electron chi connectivity index (χ0n) is 16.1. The minimum Gasteiger partial charge on any atom is -0.353 e. The number of piperazine rings is 1. The van der Waals surface area contributed by atoms with Crippen molar-refractivity contribution in [3.63, 3.8) is 0 Å². The number of aromatic nitrogens is 1. The van der Waals surface area contributed by atoms with Crippen LogP contribution in [0.2, 0.25) is 0 Å². The van der Waals surface area contributed by atoms with Crippen LogP contribution in [0.1, 0.15) is 25.0 Å². The lowest BCUT2D eigenvalue weighted by Gasteiger charge is -2.43. The third-order valence-corrected chi connectivity index (χ3v) is 7.96. The number of hydrogen-bond acceptors (Lipinski definition) is 4. The van der Waals surface area contributed by atoms with Gasteiger partial charge < -0.3 is 4.90 Å². The first-order chi connectivity index (χ1) is 13.4. The Morgan fingerprint density at radius 1 is 1.10 bits per heavy atom. The van der Waals surface area contributed by atoms with Crippen LogP contribution in [0.3, 0.4) is 0 Å². The summed E-state index contributed by atoms with van der Waals surface area (Å²) in [6.45, 7) is 6.06. The zero-order chi connectivity index (χ0) is 21.6. The fourth-order valence-corrected chi connectivity index (χ4v) is 5.75. The summed E-state index contributed by atoms with van der Waals surface area (Å²) >= 11 is 3.37. The van der Waals surface area contributed by atoms with Crippen LogP contribution >= 0.6 is 15.9 Å². The van der Waals surface area contributed by atoms with Crippen molar-refractivity contribution in [2.24, 2.45) is 0 Å². The van der Waals surface area contributed by atoms with E-state index in [0.29, 0.717) is 18.9 Å². The van der Waals surface area contributed by atoms with Crippen molar-refractivity contribution in [3.05, 3.63) is 52.1 Å². The first-order valence-corrected chi connectivity index (χ1v) is 11.2. The van der Waals surface area contributed by atoms with Crippen LogP contribution in [-0.4, -0.2) is 42.9 Å². The average Bonchev–Trinajstić information content (AvgIpc) is 2.62. The van der Waals surface area contributed by atoms with E-state index in [4.69, 9.17) is 0 Å². The summed E-state index contributed by atoms with van der Waals surface area (Å²) in [6.07, 6.45) is -3.64. The number of anilines is 1. The lowest BCUT2D eigenvalue weighted by atomic mass is 10.1. The monoisotopic (exact) mass is 491 g/mol. The molecule has 2 aromatic rings. The second-order valence-electron chi connectivity index (χ2n) is 7.25. The predicted octanol–water partition coefficient (Wildman–Crippen LogP) is 4.46. The molecular formula is C19H21BrF3N3O2S. The summed E-state index contributed by atoms with van der Waals surface area (Å²) in [5, 5.41) is 0. The Morgan fingerprint density at radius 2 is 1.72 bits per heavy atom. The highest BCUT2D eigenvalue weighted by Crippen LogP contribution is 2.32. The fourth-order valence-electron chi connectivity index (χ4n) is 3.61. The third-order valence-electron chi connectivity index (χ3n) is 4.94. The molecule has 1 fully saturated rings. The number of halogens is 4. The highest BCUT2D eigenvalue weighted by molar-refractivity contribution is 9.10. The Hall–Kier alpha value is -1.65. The number of alkyl halides is 3. The van der Waals surface area contributed by atoms with Gasteiger partial charge in [-0.25, -0.2) is 13.4 Å². The van der Waals surface area contributed by atoms with E-state index < -0.39 is 21.8 Å². The Kier molecular flexibility index (Phi) is 5.99. The molecule has 2 unspecified atom stereocenters. The van der Waals surface area contributed by atoms with E-state index in [1.165, 1.54) is 10.4 Å². The summed E-state index contributed by atoms with van der Waals surface area (Å²) in [7, 11) is -3.71. The van der Waals surface area contributed by atoms with Crippen molar-refractivity contribution in [2.45, 2.75) is 43.9 Å². The molecule has 0 bridgehead atoms. The number of hydrogen-bond donors (Lipinski definition) is 0. The Balaban J connectivity index is 1.83. The minimum atomic E-state index is -4.44. The molecule has 2 heterocycles. The van der Waals surface area contributed by atoms with Crippen LogP contribution in [0.5, 0.6) is 0 Å². The quantitative estimate of drug-likeness (QED) is 0.635. The van der Waals surface area contributed by atoms with Gasteiger partial charge in [0.2, 0.25) is 10.0 Å². The van der Waals surface area contributed by atoms with E-state index in [1.807, 2.05) is 11.8 Å². The molecule has 2 atom stereocenters. The second kappa shape index (κ2) is 7.88. The molecule has 3 rings (SSSR count). The molecule has 0 saturated carbocycles. The number of sulfonamides is 1. The molecule has 158 valence electrons. The minimum absolute atomic E-state index is 0.220. The van der Waals surface area contributed by atoms with Gasteiger partial charge in [-0.3, -0.25) is 0 Å². The van der Waals surface area contributed by atoms with Gasteiger partial charge in [0.25, 0.3) is 0 Å². The van der Waals surface area contributed by atoms with Crippen molar-refractivity contribution < 1.29 is 21.6 Å². The van der Waals surface area contributed by atoms with Crippen LogP contribution in [0.15, 0.2) is 45.9 Å². The predicted molar refractivity (Wildman–Crippen MR) is 108 cm³/mol. The van der Waals surface area contributed by atoms with Crippen LogP contribution in [-0.2, 0) is 16.2 Å². The van der Waals surface area contributed by atoms with Gasteiger partial charge in [0, 0.05) is 35.8 Å². The van der Waals surface area contributed by atoms with Crippen molar-refractivity contribution in [1.82, 2.24) is 9.29 Å². The van der Waals surface area contributed by atoms with Crippen molar-refractivity contribution in [3.8, 4) is 0 Å². The molecular weight excluding hydrogens is 471 g/mol. The smallest absolute Gasteiger partial charge is 0.353 e. The molecule has 1 saturated heterocycles. The molecule has 1 aliphatic rings. The maximum Gasteiger partial charge on any atom is 0.417 e. The molecule has 1 aromatic heterocycles. The number of pyridine rings is 1. The molecule has 5 nitrogen and oxygen atoms in total. The molecule has 29 heavy (non-hydrogen) atoms. The molecule has 0 N–H and O–H groups in total. The zero-order valence-corrected chi connectivity index (χ0v) is 18.5. The van der Waals surface area contributed by atoms with Crippen molar-refractivity contribution in [2.75, 3.05) is 18.0 Å². The molecule has 1 aromatic carbocycles. The summed E-state index contributed by atoms with van der Waals surface area (Å²) in [4.78, 5) is 5.97. The van der Waals surface area contributed by atoms with E-state index in [-0.39, 0.29) is 17.0 Å². The van der Waals surface area contributed by atoms with E-state index in [9.17, 15) is 21.6 Å². The number of nitrogens with zero attached hydrogens (tertiary/aromatic N) is 3. The highest BCUT2D eigenvalue weighted by Gasteiger charge is 2.39. The Bertz CT molecular complexity index is 985. The van der Waals surface area contributed by atoms with Crippen LogP contribution in [0, 0.1) is 6.92 Å². The largest absolute Gasteiger partial charge is 0.417 e. The Labute approximate surface area is 176 Å². The van der Waals surface area contributed by atoms with Gasteiger partial charge in [-0.05, 0) is 56.7 Å². The number of rotatable bonds is 3. The van der Waals surface area contributed by atoms with E-state index >= 15 is 0 Å². The first kappa shape index (κ1) is 22.0. The van der Waals surface area contributed by atoms with Gasteiger partial charge in [-0.15, -0.1) is 0 Å². The summed E-state index contributed by atoms with van der Waals surface area (Å²) in [5.74, 6) is 0.397. The van der Waals surface area contributed by atoms with Gasteiger partial charge >= 0.3 is 6.18 Å². The molecule has 1 aliphatic heterocycles. The lowest BCUT2D eigenvalue weighted by molar-refractivity contribution is -0.137. The first-order valence-electron chi connectivity index (χ1n) is 8.99. The normalized spacial score (nSPS) is 21.4. The van der Waals surface area contributed by atoms with E-state index in [2.05, 4.69) is 20.9 Å². The average molecular weight is 492 g/mol. The Morgan fingerprint density at radius 3 is 2.21 bits per heavy atom. The van der Waals surface area contributed by atoms with Gasteiger partial charge in [0.15, 0.2) is 0 Å². The van der Waals surface area contributed by atoms with E-state index in [1.54, 1.807) is 32.0 Å². The summed E-state index contributed by atoms with van der Waals surface area (Å²) < 4.78 is 67.0. The van der Waals surface area contributed by atoms with Crippen LogP contribution in [0.4, 0.5) is 19.0 Å². The molecule has 0 radical (unpaired) electrons. The molecule has 0 aliphatic carbocycles. The fraction of sp³-hybridized carbons (Fsp3) is 0.421. The molecule has 0 amide bonds. The number of aryl methyl sites for hydroxylation is 1. The second-order valence-corrected chi connectivity index (χ2v) is 9.95. The number of benzene rings is 1. The van der Waals surface area contributed by atoms with Gasteiger partial charge in [-0.2, -0.15) is 17.5 Å². The van der Waals surface area contributed by atoms with Crippen LogP contribution in [0.25, 0.3) is 0 Å². The van der Waals surface area contributed by atoms with E-state index in [0.717, 1.165) is 22.3 Å². The molecule has 10 heteroatoms. The maximum atomic E-state index is 13.2. The maximum absolute atomic E-state index is 13.2. The van der Waals surface area contributed by atoms with Crippen molar-refractivity contribution in [1.29, 1.82) is 0 Å². The SMILES string of the molecule is Cc1cc(S(=O)(=O)N2C(C)CN(c3ccc(C(F)(F)F)cn3)CC2C)ccc1Br. The van der Waals surface area contributed by atoms with Gasteiger partial charge in [0.05, 0.1) is 10.5 Å². The molecule has 0 spiro atoms. The van der Waals surface area contributed by atoms with Gasteiger partial charge in [0.1, 0.15) is 5.82 Å². The summed E-state index contributed by atoms with van der Waals surface area (Å²) in [5.41, 5.74) is 0.00754. The topological polar surface area (TPSA) is 53.5 Å². The van der Waals surface area contributed by atoms with Crippen molar-refractivity contribution >= 4 is 31.8 Å².